The third-order valence-corrected chi connectivity index (χ3v) is 2.57. The maximum Gasteiger partial charge on any atom is 0.274 e. The third kappa shape index (κ3) is 2.37. The zero-order chi connectivity index (χ0) is 14.0. The predicted molar refractivity (Wildman–Crippen MR) is 66.3 cm³/mol. The summed E-state index contributed by atoms with van der Waals surface area (Å²) in [6.07, 6.45) is 0. The Morgan fingerprint density at radius 3 is 2.32 bits per heavy atom. The first-order chi connectivity index (χ1) is 9.00. The molecule has 0 heterocycles. The van der Waals surface area contributed by atoms with E-state index in [4.69, 9.17) is 0 Å². The number of nitrogens with zero attached hydrogens (tertiary/aromatic N) is 1. The number of phenols is 2. The lowest BCUT2D eigenvalue weighted by atomic mass is 10.0. The van der Waals surface area contributed by atoms with Crippen LogP contribution in [0.2, 0.25) is 0 Å². The summed E-state index contributed by atoms with van der Waals surface area (Å²) in [4.78, 5) is 22.0. The van der Waals surface area contributed by atoms with Gasteiger partial charge in [0.05, 0.1) is 16.6 Å². The van der Waals surface area contributed by atoms with E-state index >= 15 is 0 Å². The van der Waals surface area contributed by atoms with Crippen LogP contribution in [0.3, 0.4) is 0 Å². The molecule has 6 nitrogen and oxygen atoms in total. The fourth-order valence-corrected chi connectivity index (χ4v) is 1.63. The van der Waals surface area contributed by atoms with Gasteiger partial charge in [0.2, 0.25) is 0 Å². The maximum absolute atomic E-state index is 12.1. The number of hydrogen-bond donors (Lipinski definition) is 2. The van der Waals surface area contributed by atoms with Gasteiger partial charge in [-0.05, 0) is 0 Å². The molecule has 2 N–H and O–H groups in total. The average Bonchev–Trinajstić information content (AvgIpc) is 2.41. The van der Waals surface area contributed by atoms with E-state index in [1.807, 2.05) is 0 Å². The number of nitro groups is 1. The van der Waals surface area contributed by atoms with Gasteiger partial charge < -0.3 is 10.2 Å². The van der Waals surface area contributed by atoms with E-state index in [1.165, 1.54) is 12.1 Å². The summed E-state index contributed by atoms with van der Waals surface area (Å²) in [6.45, 7) is 0. The molecule has 0 saturated carbocycles. The molecule has 0 spiro atoms. The van der Waals surface area contributed by atoms with Crippen LogP contribution in [-0.4, -0.2) is 20.9 Å². The van der Waals surface area contributed by atoms with Crippen molar-refractivity contribution < 1.29 is 19.9 Å². The molecule has 0 aliphatic heterocycles. The highest BCUT2D eigenvalue weighted by Gasteiger charge is 2.21. The second-order valence-corrected chi connectivity index (χ2v) is 3.81. The second-order valence-electron chi connectivity index (χ2n) is 3.81. The monoisotopic (exact) mass is 259 g/mol. The van der Waals surface area contributed by atoms with Gasteiger partial charge in [0.1, 0.15) is 0 Å². The standard InChI is InChI=1S/C13H9NO5/c15-11-7-9(14(18)19)6-10(13(11)17)12(16)8-4-2-1-3-5-8/h1-7,15,17H. The summed E-state index contributed by atoms with van der Waals surface area (Å²) in [7, 11) is 0. The number of aromatic hydroxyl groups is 2. The Balaban J connectivity index is 2.56. The molecular formula is C13H9NO5. The second kappa shape index (κ2) is 4.77. The first-order valence-corrected chi connectivity index (χ1v) is 5.31. The molecule has 96 valence electrons. The lowest BCUT2D eigenvalue weighted by Crippen LogP contribution is -2.02. The van der Waals surface area contributed by atoms with Gasteiger partial charge in [-0.2, -0.15) is 0 Å². The van der Waals surface area contributed by atoms with Crippen molar-refractivity contribution in [1.29, 1.82) is 0 Å². The quantitative estimate of drug-likeness (QED) is 0.381. The van der Waals surface area contributed by atoms with Crippen molar-refractivity contribution in [2.75, 3.05) is 0 Å². The number of benzene rings is 2. The first-order valence-electron chi connectivity index (χ1n) is 5.31. The summed E-state index contributed by atoms with van der Waals surface area (Å²) in [6, 6.07) is 9.71. The minimum absolute atomic E-state index is 0.262. The highest BCUT2D eigenvalue weighted by Crippen LogP contribution is 2.34. The van der Waals surface area contributed by atoms with Crippen molar-refractivity contribution in [2.45, 2.75) is 0 Å². The van der Waals surface area contributed by atoms with Crippen molar-refractivity contribution in [3.05, 3.63) is 63.7 Å². The van der Waals surface area contributed by atoms with E-state index < -0.39 is 27.9 Å². The Hall–Kier alpha value is -2.89. The van der Waals surface area contributed by atoms with Gasteiger partial charge in [-0.25, -0.2) is 0 Å². The van der Waals surface area contributed by atoms with Crippen LogP contribution in [0.15, 0.2) is 42.5 Å². The van der Waals surface area contributed by atoms with Crippen LogP contribution in [0, 0.1) is 10.1 Å². The van der Waals surface area contributed by atoms with Gasteiger partial charge in [-0.15, -0.1) is 0 Å². The summed E-state index contributed by atoms with van der Waals surface area (Å²) in [5, 5.41) is 29.7. The van der Waals surface area contributed by atoms with Gasteiger partial charge >= 0.3 is 0 Å². The fourth-order valence-electron chi connectivity index (χ4n) is 1.63. The Bertz CT molecular complexity index is 652. The molecule has 6 heteroatoms. The fraction of sp³-hybridized carbons (Fsp3) is 0. The lowest BCUT2D eigenvalue weighted by Gasteiger charge is -2.05. The minimum Gasteiger partial charge on any atom is -0.504 e. The van der Waals surface area contributed by atoms with Crippen molar-refractivity contribution in [3.8, 4) is 11.5 Å². The number of hydrogen-bond acceptors (Lipinski definition) is 5. The van der Waals surface area contributed by atoms with Crippen LogP contribution >= 0.6 is 0 Å². The summed E-state index contributed by atoms with van der Waals surface area (Å²) in [5.41, 5.74) is -0.509. The molecule has 0 bridgehead atoms. The number of carbonyl (C=O) groups is 1. The number of nitro benzene ring substituents is 1. The Kier molecular flexibility index (Phi) is 3.15. The Morgan fingerprint density at radius 2 is 1.74 bits per heavy atom. The predicted octanol–water partition coefficient (Wildman–Crippen LogP) is 2.24. The van der Waals surface area contributed by atoms with Crippen LogP contribution in [0.1, 0.15) is 15.9 Å². The minimum atomic E-state index is -0.749. The molecule has 0 saturated heterocycles. The molecule has 19 heavy (non-hydrogen) atoms. The molecule has 0 unspecified atom stereocenters. The molecule has 2 aromatic rings. The highest BCUT2D eigenvalue weighted by molar-refractivity contribution is 6.11. The molecule has 2 aromatic carbocycles. The summed E-state index contributed by atoms with van der Waals surface area (Å²) < 4.78 is 0. The van der Waals surface area contributed by atoms with Gasteiger partial charge in [0, 0.05) is 11.6 Å². The van der Waals surface area contributed by atoms with Crippen molar-refractivity contribution in [2.24, 2.45) is 0 Å². The number of phenolic OH excluding ortho intramolecular Hbond substituents is 2. The van der Waals surface area contributed by atoms with Crippen molar-refractivity contribution in [3.63, 3.8) is 0 Å². The SMILES string of the molecule is O=C(c1ccccc1)c1cc([N+](=O)[O-])cc(O)c1O. The molecule has 0 radical (unpaired) electrons. The molecule has 0 amide bonds. The topological polar surface area (TPSA) is 101 Å². The molecule has 0 aromatic heterocycles. The lowest BCUT2D eigenvalue weighted by molar-refractivity contribution is -0.385. The normalized spacial score (nSPS) is 10.1. The van der Waals surface area contributed by atoms with Crippen LogP contribution in [0.5, 0.6) is 11.5 Å². The molecule has 0 atom stereocenters. The summed E-state index contributed by atoms with van der Waals surface area (Å²) in [5.74, 6) is -1.97. The van der Waals surface area contributed by atoms with Crippen LogP contribution in [-0.2, 0) is 0 Å². The number of ketones is 1. The largest absolute Gasteiger partial charge is 0.504 e. The third-order valence-electron chi connectivity index (χ3n) is 2.57. The van der Waals surface area contributed by atoms with Crippen LogP contribution < -0.4 is 0 Å². The average molecular weight is 259 g/mol. The smallest absolute Gasteiger partial charge is 0.274 e. The van der Waals surface area contributed by atoms with E-state index in [-0.39, 0.29) is 11.1 Å². The zero-order valence-electron chi connectivity index (χ0n) is 9.61. The van der Waals surface area contributed by atoms with Gasteiger partial charge in [0.25, 0.3) is 5.69 Å². The highest BCUT2D eigenvalue weighted by atomic mass is 16.6. The Morgan fingerprint density at radius 1 is 1.11 bits per heavy atom. The molecule has 0 aliphatic carbocycles. The van der Waals surface area contributed by atoms with E-state index in [0.29, 0.717) is 0 Å². The number of rotatable bonds is 3. The van der Waals surface area contributed by atoms with Crippen molar-refractivity contribution >= 4 is 11.5 Å². The van der Waals surface area contributed by atoms with E-state index in [0.717, 1.165) is 12.1 Å². The van der Waals surface area contributed by atoms with E-state index in [9.17, 15) is 25.1 Å². The van der Waals surface area contributed by atoms with E-state index in [1.54, 1.807) is 18.2 Å². The Labute approximate surface area is 107 Å². The van der Waals surface area contributed by atoms with Gasteiger partial charge in [-0.1, -0.05) is 30.3 Å². The van der Waals surface area contributed by atoms with E-state index in [2.05, 4.69) is 0 Å². The zero-order valence-corrected chi connectivity index (χ0v) is 9.61. The van der Waals surface area contributed by atoms with Gasteiger partial charge in [-0.3, -0.25) is 14.9 Å². The molecule has 0 fully saturated rings. The van der Waals surface area contributed by atoms with Crippen molar-refractivity contribution in [1.82, 2.24) is 0 Å². The summed E-state index contributed by atoms with van der Waals surface area (Å²) >= 11 is 0. The van der Waals surface area contributed by atoms with Crippen LogP contribution in [0.4, 0.5) is 5.69 Å². The van der Waals surface area contributed by atoms with Gasteiger partial charge in [0.15, 0.2) is 17.3 Å². The molecule has 2 rings (SSSR count). The number of carbonyl (C=O) groups excluding carboxylic acids is 1. The molecule has 0 aliphatic rings. The molecular weight excluding hydrogens is 250 g/mol. The maximum atomic E-state index is 12.1. The van der Waals surface area contributed by atoms with Crippen LogP contribution in [0.25, 0.3) is 0 Å². The number of non-ortho nitro benzene ring substituents is 1. The first kappa shape index (κ1) is 12.6.